The van der Waals surface area contributed by atoms with Crippen LogP contribution in [-0.2, 0) is 11.3 Å². The lowest BCUT2D eigenvalue weighted by Crippen LogP contribution is -2.62. The summed E-state index contributed by atoms with van der Waals surface area (Å²) in [7, 11) is 0. The van der Waals surface area contributed by atoms with Gasteiger partial charge in [0.15, 0.2) is 0 Å². The van der Waals surface area contributed by atoms with Gasteiger partial charge in [0.2, 0.25) is 0 Å². The molecule has 0 atom stereocenters. The first kappa shape index (κ1) is 12.6. The number of nitrogens with one attached hydrogen (secondary N) is 2. The Balaban J connectivity index is 1.69. The number of rotatable bonds is 6. The molecular weight excluding hydrogens is 212 g/mol. The van der Waals surface area contributed by atoms with E-state index in [4.69, 9.17) is 4.74 Å². The lowest BCUT2D eigenvalue weighted by atomic mass is 10.0. The minimum Gasteiger partial charge on any atom is -0.375 e. The van der Waals surface area contributed by atoms with E-state index in [1.165, 1.54) is 5.56 Å². The van der Waals surface area contributed by atoms with Gasteiger partial charge >= 0.3 is 0 Å². The zero-order valence-corrected chi connectivity index (χ0v) is 10.7. The second kappa shape index (κ2) is 5.63. The number of ether oxygens (including phenoxy) is 1. The molecule has 0 spiro atoms. The smallest absolute Gasteiger partial charge is 0.0717 e. The van der Waals surface area contributed by atoms with E-state index in [9.17, 15) is 0 Å². The Kier molecular flexibility index (Phi) is 4.15. The third kappa shape index (κ3) is 4.11. The zero-order valence-electron chi connectivity index (χ0n) is 10.7. The Bertz CT molecular complexity index is 333. The van der Waals surface area contributed by atoms with Crippen LogP contribution in [0.2, 0.25) is 0 Å². The molecule has 2 rings (SSSR count). The van der Waals surface area contributed by atoms with E-state index < -0.39 is 0 Å². The predicted molar refractivity (Wildman–Crippen MR) is 70.0 cm³/mol. The van der Waals surface area contributed by atoms with Gasteiger partial charge < -0.3 is 15.4 Å². The first-order valence-electron chi connectivity index (χ1n) is 6.26. The summed E-state index contributed by atoms with van der Waals surface area (Å²) in [4.78, 5) is 0. The molecule has 0 bridgehead atoms. The van der Waals surface area contributed by atoms with Gasteiger partial charge in [0.25, 0.3) is 0 Å². The normalized spacial score (nSPS) is 16.8. The number of benzene rings is 1. The average molecular weight is 234 g/mol. The second-order valence-electron chi connectivity index (χ2n) is 5.36. The van der Waals surface area contributed by atoms with Gasteiger partial charge in [-0.3, -0.25) is 0 Å². The van der Waals surface area contributed by atoms with Crippen LogP contribution in [0.25, 0.3) is 0 Å². The number of hydrogen-bond acceptors (Lipinski definition) is 3. The Morgan fingerprint density at radius 1 is 1.29 bits per heavy atom. The van der Waals surface area contributed by atoms with Crippen LogP contribution in [0.5, 0.6) is 0 Å². The molecule has 1 saturated heterocycles. The van der Waals surface area contributed by atoms with Crippen molar-refractivity contribution in [3.8, 4) is 0 Å². The van der Waals surface area contributed by atoms with Crippen LogP contribution in [0.4, 0.5) is 0 Å². The molecule has 17 heavy (non-hydrogen) atoms. The molecule has 0 saturated carbocycles. The maximum Gasteiger partial charge on any atom is 0.0717 e. The summed E-state index contributed by atoms with van der Waals surface area (Å²) in [5.41, 5.74) is 1.27. The van der Waals surface area contributed by atoms with Crippen molar-refractivity contribution in [1.29, 1.82) is 0 Å². The van der Waals surface area contributed by atoms with Gasteiger partial charge in [-0.2, -0.15) is 0 Å². The molecule has 0 amide bonds. The van der Waals surface area contributed by atoms with E-state index >= 15 is 0 Å². The van der Waals surface area contributed by atoms with Crippen LogP contribution in [0.15, 0.2) is 30.3 Å². The van der Waals surface area contributed by atoms with Crippen LogP contribution < -0.4 is 10.6 Å². The van der Waals surface area contributed by atoms with Crippen molar-refractivity contribution >= 4 is 0 Å². The molecule has 1 aliphatic rings. The summed E-state index contributed by atoms with van der Waals surface area (Å²) in [5, 5.41) is 6.85. The van der Waals surface area contributed by atoms with E-state index in [1.807, 2.05) is 18.2 Å². The predicted octanol–water partition coefficient (Wildman–Crippen LogP) is 1.54. The monoisotopic (exact) mass is 234 g/mol. The van der Waals surface area contributed by atoms with Crippen molar-refractivity contribution in [3.05, 3.63) is 35.9 Å². The highest BCUT2D eigenvalue weighted by molar-refractivity contribution is 5.13. The molecule has 2 N–H and O–H groups in total. The van der Waals surface area contributed by atoms with E-state index in [0.29, 0.717) is 12.6 Å². The van der Waals surface area contributed by atoms with Gasteiger partial charge in [0.1, 0.15) is 0 Å². The van der Waals surface area contributed by atoms with E-state index in [0.717, 1.165) is 19.7 Å². The van der Waals surface area contributed by atoms with Crippen molar-refractivity contribution in [2.45, 2.75) is 32.0 Å². The molecule has 0 unspecified atom stereocenters. The number of hydrogen-bond donors (Lipinski definition) is 2. The summed E-state index contributed by atoms with van der Waals surface area (Å²) in [6, 6.07) is 10.9. The highest BCUT2D eigenvalue weighted by Crippen LogP contribution is 2.09. The third-order valence-electron chi connectivity index (χ3n) is 2.95. The van der Waals surface area contributed by atoms with Gasteiger partial charge in [0.05, 0.1) is 13.2 Å². The molecule has 3 heteroatoms. The van der Waals surface area contributed by atoms with Crippen LogP contribution in [0.3, 0.4) is 0 Å². The summed E-state index contributed by atoms with van der Waals surface area (Å²) in [6.45, 7) is 7.95. The van der Waals surface area contributed by atoms with Gasteiger partial charge in [-0.15, -0.1) is 0 Å². The van der Waals surface area contributed by atoms with Crippen molar-refractivity contribution in [2.24, 2.45) is 0 Å². The summed E-state index contributed by atoms with van der Waals surface area (Å²) < 4.78 is 5.77. The van der Waals surface area contributed by atoms with Crippen LogP contribution in [0.1, 0.15) is 19.4 Å². The molecule has 1 aliphatic heterocycles. The minimum atomic E-state index is 0.0432. The van der Waals surface area contributed by atoms with E-state index in [2.05, 4.69) is 36.6 Å². The maximum absolute atomic E-state index is 5.77. The zero-order chi connectivity index (χ0) is 12.1. The fourth-order valence-electron chi connectivity index (χ4n) is 1.98. The quantitative estimate of drug-likeness (QED) is 0.783. The standard InChI is InChI=1S/C14H22N2O/c1-14(2,16-13-8-15-9-13)11-17-10-12-6-4-3-5-7-12/h3-7,13,15-16H,8-11H2,1-2H3. The second-order valence-corrected chi connectivity index (χ2v) is 5.36. The average Bonchev–Trinajstić information content (AvgIpc) is 2.25. The van der Waals surface area contributed by atoms with Gasteiger partial charge in [-0.1, -0.05) is 30.3 Å². The highest BCUT2D eigenvalue weighted by atomic mass is 16.5. The summed E-state index contributed by atoms with van der Waals surface area (Å²) >= 11 is 0. The van der Waals surface area contributed by atoms with Crippen LogP contribution >= 0.6 is 0 Å². The summed E-state index contributed by atoms with van der Waals surface area (Å²) in [5.74, 6) is 0. The molecule has 1 fully saturated rings. The van der Waals surface area contributed by atoms with Gasteiger partial charge in [0, 0.05) is 24.7 Å². The van der Waals surface area contributed by atoms with Gasteiger partial charge in [-0.05, 0) is 19.4 Å². The molecule has 3 nitrogen and oxygen atoms in total. The summed E-state index contributed by atoms with van der Waals surface area (Å²) in [6.07, 6.45) is 0. The largest absolute Gasteiger partial charge is 0.375 e. The van der Waals surface area contributed by atoms with Crippen LogP contribution in [0, 0.1) is 0 Å². The molecule has 0 radical (unpaired) electrons. The van der Waals surface area contributed by atoms with E-state index in [-0.39, 0.29) is 5.54 Å². The topological polar surface area (TPSA) is 33.3 Å². The van der Waals surface area contributed by atoms with Gasteiger partial charge in [-0.25, -0.2) is 0 Å². The Morgan fingerprint density at radius 2 is 2.00 bits per heavy atom. The first-order valence-corrected chi connectivity index (χ1v) is 6.26. The van der Waals surface area contributed by atoms with Crippen molar-refractivity contribution < 1.29 is 4.74 Å². The minimum absolute atomic E-state index is 0.0432. The Morgan fingerprint density at radius 3 is 2.59 bits per heavy atom. The Hall–Kier alpha value is -0.900. The maximum atomic E-state index is 5.77. The lowest BCUT2D eigenvalue weighted by molar-refractivity contribution is 0.0624. The fourth-order valence-corrected chi connectivity index (χ4v) is 1.98. The highest BCUT2D eigenvalue weighted by Gasteiger charge is 2.25. The Labute approximate surface area is 104 Å². The molecule has 0 aliphatic carbocycles. The lowest BCUT2D eigenvalue weighted by Gasteiger charge is -2.36. The van der Waals surface area contributed by atoms with Crippen LogP contribution in [-0.4, -0.2) is 31.3 Å². The van der Waals surface area contributed by atoms with E-state index in [1.54, 1.807) is 0 Å². The van der Waals surface area contributed by atoms with Crippen molar-refractivity contribution in [2.75, 3.05) is 19.7 Å². The molecule has 1 aromatic carbocycles. The molecule has 0 aromatic heterocycles. The third-order valence-corrected chi connectivity index (χ3v) is 2.95. The van der Waals surface area contributed by atoms with Crippen molar-refractivity contribution in [3.63, 3.8) is 0 Å². The molecule has 1 aromatic rings. The van der Waals surface area contributed by atoms with Crippen molar-refractivity contribution in [1.82, 2.24) is 10.6 Å². The first-order chi connectivity index (χ1) is 8.16. The molecule has 1 heterocycles. The molecule has 94 valence electrons. The SMILES string of the molecule is CC(C)(COCc1ccccc1)NC1CNC1. The molecular formula is C14H22N2O. The fraction of sp³-hybridized carbons (Fsp3) is 0.571.